The maximum atomic E-state index is 13.1. The van der Waals surface area contributed by atoms with Gasteiger partial charge in [-0.1, -0.05) is 52.0 Å². The van der Waals surface area contributed by atoms with Crippen LogP contribution in [0.15, 0.2) is 48.5 Å². The molecule has 0 aliphatic carbocycles. The molecule has 2 aromatic carbocycles. The number of piperazine rings is 1. The Hall–Kier alpha value is -2.69. The molecule has 0 bridgehead atoms. The standard InChI is InChI=1S/C25H34N2O3/c1-6-22(30-20-13-11-19(12-14-20)25(2,3)4)24(28)27-17-15-26(16-18-27)21-9-7-8-10-23(21)29-5/h7-14,22H,6,15-18H2,1-5H3/t22-/m0/s1. The predicted molar refractivity (Wildman–Crippen MR) is 122 cm³/mol. The summed E-state index contributed by atoms with van der Waals surface area (Å²) in [6.45, 7) is 11.5. The number of methoxy groups -OCH3 is 1. The van der Waals surface area contributed by atoms with Gasteiger partial charge < -0.3 is 19.3 Å². The molecule has 3 rings (SSSR count). The van der Waals surface area contributed by atoms with Gasteiger partial charge in [0.2, 0.25) is 0 Å². The van der Waals surface area contributed by atoms with Crippen LogP contribution < -0.4 is 14.4 Å². The average molecular weight is 411 g/mol. The zero-order valence-corrected chi connectivity index (χ0v) is 18.9. The van der Waals surface area contributed by atoms with Gasteiger partial charge in [0.15, 0.2) is 6.10 Å². The summed E-state index contributed by atoms with van der Waals surface area (Å²) in [6.07, 6.45) is 0.190. The minimum Gasteiger partial charge on any atom is -0.495 e. The van der Waals surface area contributed by atoms with Crippen LogP contribution in [0, 0.1) is 0 Å². The molecular formula is C25H34N2O3. The van der Waals surface area contributed by atoms with Crippen molar-refractivity contribution in [1.82, 2.24) is 4.90 Å². The number of hydrogen-bond acceptors (Lipinski definition) is 4. The molecule has 0 radical (unpaired) electrons. The molecule has 5 heteroatoms. The summed E-state index contributed by atoms with van der Waals surface area (Å²) in [4.78, 5) is 17.3. The largest absolute Gasteiger partial charge is 0.495 e. The van der Waals surface area contributed by atoms with Gasteiger partial charge in [0, 0.05) is 26.2 Å². The molecule has 0 aromatic heterocycles. The molecule has 1 saturated heterocycles. The Morgan fingerprint density at radius 2 is 1.63 bits per heavy atom. The van der Waals surface area contributed by atoms with Gasteiger partial charge in [-0.25, -0.2) is 0 Å². The average Bonchev–Trinajstić information content (AvgIpc) is 2.76. The van der Waals surface area contributed by atoms with Crippen LogP contribution in [0.25, 0.3) is 0 Å². The number of carbonyl (C=O) groups excluding carboxylic acids is 1. The van der Waals surface area contributed by atoms with Crippen molar-refractivity contribution in [2.24, 2.45) is 0 Å². The Morgan fingerprint density at radius 1 is 1.00 bits per heavy atom. The molecule has 5 nitrogen and oxygen atoms in total. The third-order valence-corrected chi connectivity index (χ3v) is 5.66. The number of ether oxygens (including phenoxy) is 2. The normalized spacial score (nSPS) is 15.6. The van der Waals surface area contributed by atoms with E-state index in [1.165, 1.54) is 5.56 Å². The van der Waals surface area contributed by atoms with Crippen molar-refractivity contribution in [3.63, 3.8) is 0 Å². The number of nitrogens with zero attached hydrogens (tertiary/aromatic N) is 2. The van der Waals surface area contributed by atoms with E-state index < -0.39 is 6.10 Å². The minimum atomic E-state index is -0.455. The Kier molecular flexibility index (Phi) is 6.91. The first-order valence-corrected chi connectivity index (χ1v) is 10.8. The second kappa shape index (κ2) is 9.41. The first-order valence-electron chi connectivity index (χ1n) is 10.8. The zero-order valence-electron chi connectivity index (χ0n) is 18.9. The van der Waals surface area contributed by atoms with E-state index >= 15 is 0 Å². The van der Waals surface area contributed by atoms with Crippen LogP contribution in [0.5, 0.6) is 11.5 Å². The highest BCUT2D eigenvalue weighted by molar-refractivity contribution is 5.81. The van der Waals surface area contributed by atoms with E-state index in [0.29, 0.717) is 19.5 Å². The molecule has 30 heavy (non-hydrogen) atoms. The van der Waals surface area contributed by atoms with Crippen LogP contribution in [-0.2, 0) is 10.2 Å². The molecule has 0 unspecified atom stereocenters. The van der Waals surface area contributed by atoms with E-state index in [2.05, 4.69) is 43.9 Å². The molecule has 1 fully saturated rings. The number of benzene rings is 2. The molecule has 1 aliphatic rings. The Balaban J connectivity index is 1.60. The monoisotopic (exact) mass is 410 g/mol. The predicted octanol–water partition coefficient (Wildman–Crippen LogP) is 4.50. The second-order valence-corrected chi connectivity index (χ2v) is 8.77. The summed E-state index contributed by atoms with van der Waals surface area (Å²) in [5.41, 5.74) is 2.43. The summed E-state index contributed by atoms with van der Waals surface area (Å²) in [5, 5.41) is 0. The highest BCUT2D eigenvalue weighted by Gasteiger charge is 2.28. The lowest BCUT2D eigenvalue weighted by molar-refractivity contribution is -0.139. The highest BCUT2D eigenvalue weighted by atomic mass is 16.5. The Morgan fingerprint density at radius 3 is 2.20 bits per heavy atom. The summed E-state index contributed by atoms with van der Waals surface area (Å²) < 4.78 is 11.6. The fraction of sp³-hybridized carbons (Fsp3) is 0.480. The second-order valence-electron chi connectivity index (χ2n) is 8.77. The number of amides is 1. The van der Waals surface area contributed by atoms with Crippen molar-refractivity contribution >= 4 is 11.6 Å². The van der Waals surface area contributed by atoms with E-state index in [-0.39, 0.29) is 11.3 Å². The van der Waals surface area contributed by atoms with Crippen LogP contribution in [0.4, 0.5) is 5.69 Å². The van der Waals surface area contributed by atoms with Crippen LogP contribution in [-0.4, -0.2) is 50.2 Å². The van der Waals surface area contributed by atoms with Gasteiger partial charge in [-0.05, 0) is 41.7 Å². The lowest BCUT2D eigenvalue weighted by atomic mass is 9.87. The van der Waals surface area contributed by atoms with E-state index in [1.54, 1.807) is 7.11 Å². The number of carbonyl (C=O) groups is 1. The van der Waals surface area contributed by atoms with Gasteiger partial charge in [-0.15, -0.1) is 0 Å². The number of para-hydroxylation sites is 2. The number of anilines is 1. The van der Waals surface area contributed by atoms with E-state index in [0.717, 1.165) is 30.3 Å². The van der Waals surface area contributed by atoms with E-state index in [4.69, 9.17) is 9.47 Å². The van der Waals surface area contributed by atoms with Crippen LogP contribution >= 0.6 is 0 Å². The molecular weight excluding hydrogens is 376 g/mol. The molecule has 0 saturated carbocycles. The first-order chi connectivity index (χ1) is 14.3. The van der Waals surface area contributed by atoms with Gasteiger partial charge in [0.25, 0.3) is 5.91 Å². The molecule has 1 heterocycles. The van der Waals surface area contributed by atoms with Gasteiger partial charge in [-0.3, -0.25) is 4.79 Å². The van der Waals surface area contributed by atoms with Gasteiger partial charge >= 0.3 is 0 Å². The molecule has 1 atom stereocenters. The minimum absolute atomic E-state index is 0.0667. The molecule has 0 N–H and O–H groups in total. The highest BCUT2D eigenvalue weighted by Crippen LogP contribution is 2.29. The molecule has 0 spiro atoms. The summed E-state index contributed by atoms with van der Waals surface area (Å²) >= 11 is 0. The summed E-state index contributed by atoms with van der Waals surface area (Å²) in [6, 6.07) is 16.1. The molecule has 2 aromatic rings. The fourth-order valence-electron chi connectivity index (χ4n) is 3.77. The van der Waals surface area contributed by atoms with Gasteiger partial charge in [0.05, 0.1) is 12.8 Å². The molecule has 1 amide bonds. The van der Waals surface area contributed by atoms with Crippen molar-refractivity contribution in [3.8, 4) is 11.5 Å². The quantitative estimate of drug-likeness (QED) is 0.703. The van der Waals surface area contributed by atoms with Crippen LogP contribution in [0.3, 0.4) is 0 Å². The Labute approximate surface area is 180 Å². The van der Waals surface area contributed by atoms with Gasteiger partial charge in [0.1, 0.15) is 11.5 Å². The number of hydrogen-bond donors (Lipinski definition) is 0. The number of rotatable bonds is 6. The van der Waals surface area contributed by atoms with Gasteiger partial charge in [-0.2, -0.15) is 0 Å². The van der Waals surface area contributed by atoms with Crippen molar-refractivity contribution in [2.75, 3.05) is 38.2 Å². The lowest BCUT2D eigenvalue weighted by Gasteiger charge is -2.37. The first kappa shape index (κ1) is 22.0. The lowest BCUT2D eigenvalue weighted by Crippen LogP contribution is -2.52. The maximum Gasteiger partial charge on any atom is 0.263 e. The summed E-state index contributed by atoms with van der Waals surface area (Å²) in [5.74, 6) is 1.68. The van der Waals surface area contributed by atoms with Crippen LogP contribution in [0.1, 0.15) is 39.7 Å². The van der Waals surface area contributed by atoms with Crippen molar-refractivity contribution in [1.29, 1.82) is 0 Å². The maximum absolute atomic E-state index is 13.1. The van der Waals surface area contributed by atoms with Crippen molar-refractivity contribution < 1.29 is 14.3 Å². The zero-order chi connectivity index (χ0) is 21.7. The third-order valence-electron chi connectivity index (χ3n) is 5.66. The molecule has 1 aliphatic heterocycles. The fourth-order valence-corrected chi connectivity index (χ4v) is 3.77. The third kappa shape index (κ3) is 5.07. The van der Waals surface area contributed by atoms with E-state index in [9.17, 15) is 4.79 Å². The Bertz CT molecular complexity index is 834. The summed E-state index contributed by atoms with van der Waals surface area (Å²) in [7, 11) is 1.69. The van der Waals surface area contributed by atoms with Crippen molar-refractivity contribution in [2.45, 2.75) is 45.6 Å². The van der Waals surface area contributed by atoms with Crippen LogP contribution in [0.2, 0.25) is 0 Å². The SMILES string of the molecule is CC[C@H](Oc1ccc(C(C)(C)C)cc1)C(=O)N1CCN(c2ccccc2OC)CC1. The smallest absolute Gasteiger partial charge is 0.263 e. The molecule has 162 valence electrons. The van der Waals surface area contributed by atoms with Crippen molar-refractivity contribution in [3.05, 3.63) is 54.1 Å². The topological polar surface area (TPSA) is 42.0 Å². The van der Waals surface area contributed by atoms with E-state index in [1.807, 2.05) is 42.2 Å².